The van der Waals surface area contributed by atoms with Crippen molar-refractivity contribution in [3.63, 3.8) is 0 Å². The third-order valence-corrected chi connectivity index (χ3v) is 3.22. The zero-order chi connectivity index (χ0) is 14.5. The van der Waals surface area contributed by atoms with Crippen molar-refractivity contribution in [1.82, 2.24) is 0 Å². The van der Waals surface area contributed by atoms with Gasteiger partial charge in [-0.15, -0.1) is 0 Å². The first-order chi connectivity index (χ1) is 9.61. The van der Waals surface area contributed by atoms with Crippen LogP contribution in [0.25, 0.3) is 0 Å². The van der Waals surface area contributed by atoms with Crippen LogP contribution in [-0.2, 0) is 0 Å². The van der Waals surface area contributed by atoms with Gasteiger partial charge in [-0.2, -0.15) is 0 Å². The molecule has 5 nitrogen and oxygen atoms in total. The van der Waals surface area contributed by atoms with Gasteiger partial charge in [0, 0.05) is 16.6 Å². The number of halogens is 1. The predicted molar refractivity (Wildman–Crippen MR) is 77.7 cm³/mol. The van der Waals surface area contributed by atoms with Crippen molar-refractivity contribution in [2.45, 2.75) is 6.10 Å². The van der Waals surface area contributed by atoms with Crippen LogP contribution in [-0.4, -0.2) is 16.6 Å². The van der Waals surface area contributed by atoms with E-state index >= 15 is 0 Å². The topological polar surface area (TPSA) is 72.6 Å². The van der Waals surface area contributed by atoms with Gasteiger partial charge in [-0.05, 0) is 11.6 Å². The van der Waals surface area contributed by atoms with Crippen LogP contribution in [0.4, 0.5) is 5.69 Å². The third-order valence-electron chi connectivity index (χ3n) is 2.72. The van der Waals surface area contributed by atoms with Gasteiger partial charge in [0.05, 0.1) is 11.5 Å². The first-order valence-corrected chi connectivity index (χ1v) is 6.67. The van der Waals surface area contributed by atoms with Crippen LogP contribution in [0.5, 0.6) is 5.75 Å². The number of nitro groups is 1. The lowest BCUT2D eigenvalue weighted by Gasteiger charge is -2.17. The van der Waals surface area contributed by atoms with E-state index in [1.807, 2.05) is 18.2 Å². The molecule has 0 heterocycles. The summed E-state index contributed by atoms with van der Waals surface area (Å²) >= 11 is 3.25. The van der Waals surface area contributed by atoms with Crippen LogP contribution in [0.15, 0.2) is 53.0 Å². The maximum atomic E-state index is 11.0. The number of rotatable bonds is 5. The lowest BCUT2D eigenvalue weighted by Crippen LogP contribution is -2.12. The van der Waals surface area contributed by atoms with E-state index in [2.05, 4.69) is 15.9 Å². The Kier molecular flexibility index (Phi) is 4.70. The molecular weight excluding hydrogens is 326 g/mol. The van der Waals surface area contributed by atoms with E-state index in [1.165, 1.54) is 12.1 Å². The number of aliphatic hydroxyl groups is 1. The molecule has 1 N–H and O–H groups in total. The summed E-state index contributed by atoms with van der Waals surface area (Å²) in [5, 5.41) is 20.4. The fourth-order valence-corrected chi connectivity index (χ4v) is 2.10. The minimum absolute atomic E-state index is 0.118. The van der Waals surface area contributed by atoms with Gasteiger partial charge in [0.1, 0.15) is 6.10 Å². The summed E-state index contributed by atoms with van der Waals surface area (Å²) in [4.78, 5) is 10.5. The zero-order valence-corrected chi connectivity index (χ0v) is 12.0. The Labute approximate surface area is 124 Å². The molecule has 0 aliphatic rings. The van der Waals surface area contributed by atoms with E-state index in [9.17, 15) is 15.2 Å². The Bertz CT molecular complexity index is 603. The van der Waals surface area contributed by atoms with Gasteiger partial charge in [0.2, 0.25) is 0 Å². The van der Waals surface area contributed by atoms with Crippen molar-refractivity contribution in [1.29, 1.82) is 0 Å². The quantitative estimate of drug-likeness (QED) is 0.669. The standard InChI is InChI=1S/C14H12BrNO4/c15-11-6-7-12(16(18)19)13(8-11)20-14(9-17)10-4-2-1-3-5-10/h1-8,14,17H,9H2. The van der Waals surface area contributed by atoms with Crippen molar-refractivity contribution in [3.8, 4) is 5.75 Å². The smallest absolute Gasteiger partial charge is 0.311 e. The Hall–Kier alpha value is -1.92. The van der Waals surface area contributed by atoms with Gasteiger partial charge in [-0.3, -0.25) is 10.1 Å². The van der Waals surface area contributed by atoms with Gasteiger partial charge in [-0.25, -0.2) is 0 Å². The summed E-state index contributed by atoms with van der Waals surface area (Å²) in [6.07, 6.45) is -0.649. The van der Waals surface area contributed by atoms with Crippen LogP contribution in [0, 0.1) is 10.1 Å². The normalized spacial score (nSPS) is 11.9. The third kappa shape index (κ3) is 3.34. The van der Waals surface area contributed by atoms with E-state index in [-0.39, 0.29) is 18.0 Å². The van der Waals surface area contributed by atoms with Crippen molar-refractivity contribution in [2.75, 3.05) is 6.61 Å². The zero-order valence-electron chi connectivity index (χ0n) is 10.4. The molecule has 0 fully saturated rings. The number of nitrogens with zero attached hydrogens (tertiary/aromatic N) is 1. The lowest BCUT2D eigenvalue weighted by atomic mass is 10.1. The predicted octanol–water partition coefficient (Wildman–Crippen LogP) is 3.47. The van der Waals surface area contributed by atoms with Gasteiger partial charge in [-0.1, -0.05) is 46.3 Å². The van der Waals surface area contributed by atoms with Crippen molar-refractivity contribution >= 4 is 21.6 Å². The van der Waals surface area contributed by atoms with E-state index < -0.39 is 11.0 Å². The second kappa shape index (κ2) is 6.49. The fourth-order valence-electron chi connectivity index (χ4n) is 1.76. The Morgan fingerprint density at radius 3 is 2.55 bits per heavy atom. The molecule has 2 aromatic rings. The molecule has 1 atom stereocenters. The van der Waals surface area contributed by atoms with Crippen molar-refractivity contribution in [2.24, 2.45) is 0 Å². The van der Waals surface area contributed by atoms with Crippen LogP contribution in [0.3, 0.4) is 0 Å². The lowest BCUT2D eigenvalue weighted by molar-refractivity contribution is -0.386. The molecular formula is C14H12BrNO4. The SMILES string of the molecule is O=[N+]([O-])c1ccc(Br)cc1OC(CO)c1ccccc1. The number of hydrogen-bond donors (Lipinski definition) is 1. The van der Waals surface area contributed by atoms with Crippen molar-refractivity contribution < 1.29 is 14.8 Å². The first kappa shape index (κ1) is 14.5. The Morgan fingerprint density at radius 1 is 1.25 bits per heavy atom. The molecule has 0 saturated carbocycles. The van der Waals surface area contributed by atoms with E-state index in [4.69, 9.17) is 4.74 Å². The van der Waals surface area contributed by atoms with Crippen LogP contribution < -0.4 is 4.74 Å². The largest absolute Gasteiger partial charge is 0.476 e. The number of hydrogen-bond acceptors (Lipinski definition) is 4. The highest BCUT2D eigenvalue weighted by atomic mass is 79.9. The average Bonchev–Trinajstić information content (AvgIpc) is 2.45. The molecule has 0 spiro atoms. The van der Waals surface area contributed by atoms with Crippen molar-refractivity contribution in [3.05, 3.63) is 68.7 Å². The Morgan fingerprint density at radius 2 is 1.95 bits per heavy atom. The van der Waals surface area contributed by atoms with Gasteiger partial charge in [0.15, 0.2) is 5.75 Å². The van der Waals surface area contributed by atoms with Crippen LogP contribution >= 0.6 is 15.9 Å². The summed E-state index contributed by atoms with van der Waals surface area (Å²) < 4.78 is 6.27. The van der Waals surface area contributed by atoms with Gasteiger partial charge in [0.25, 0.3) is 0 Å². The van der Waals surface area contributed by atoms with Crippen LogP contribution in [0.2, 0.25) is 0 Å². The molecule has 0 saturated heterocycles. The molecule has 0 aromatic heterocycles. The van der Waals surface area contributed by atoms with Gasteiger partial charge < -0.3 is 9.84 Å². The molecule has 2 rings (SSSR count). The summed E-state index contributed by atoms with van der Waals surface area (Å²) in [5.41, 5.74) is 0.617. The summed E-state index contributed by atoms with van der Waals surface area (Å²) in [7, 11) is 0. The highest BCUT2D eigenvalue weighted by Crippen LogP contribution is 2.33. The number of nitro benzene ring substituents is 1. The molecule has 2 aromatic carbocycles. The molecule has 1 unspecified atom stereocenters. The highest BCUT2D eigenvalue weighted by Gasteiger charge is 2.20. The number of benzene rings is 2. The molecule has 0 bridgehead atoms. The van der Waals surface area contributed by atoms with Crippen LogP contribution in [0.1, 0.15) is 11.7 Å². The first-order valence-electron chi connectivity index (χ1n) is 5.88. The molecule has 20 heavy (non-hydrogen) atoms. The van der Waals surface area contributed by atoms with E-state index in [0.29, 0.717) is 4.47 Å². The molecule has 0 aliphatic heterocycles. The van der Waals surface area contributed by atoms with Gasteiger partial charge >= 0.3 is 5.69 Å². The maximum absolute atomic E-state index is 11.0. The molecule has 6 heteroatoms. The van der Waals surface area contributed by atoms with E-state index in [1.54, 1.807) is 18.2 Å². The summed E-state index contributed by atoms with van der Waals surface area (Å²) in [5.74, 6) is 0.118. The Balaban J connectivity index is 2.32. The maximum Gasteiger partial charge on any atom is 0.311 e. The molecule has 0 amide bonds. The summed E-state index contributed by atoms with van der Waals surface area (Å²) in [6, 6.07) is 13.5. The van der Waals surface area contributed by atoms with E-state index in [0.717, 1.165) is 5.56 Å². The number of ether oxygens (including phenoxy) is 1. The second-order valence-electron chi connectivity index (χ2n) is 4.07. The molecule has 104 valence electrons. The second-order valence-corrected chi connectivity index (χ2v) is 4.98. The molecule has 0 aliphatic carbocycles. The monoisotopic (exact) mass is 337 g/mol. The fraction of sp³-hybridized carbons (Fsp3) is 0.143. The number of aliphatic hydroxyl groups excluding tert-OH is 1. The minimum Gasteiger partial charge on any atom is -0.476 e. The highest BCUT2D eigenvalue weighted by molar-refractivity contribution is 9.10. The summed E-state index contributed by atoms with van der Waals surface area (Å²) in [6.45, 7) is -0.270. The average molecular weight is 338 g/mol. The minimum atomic E-state index is -0.649. The molecule has 0 radical (unpaired) electrons.